The lowest BCUT2D eigenvalue weighted by Crippen LogP contribution is -2.24. The molecule has 1 atom stereocenters. The molecule has 0 spiro atoms. The van der Waals surface area contributed by atoms with Crippen molar-refractivity contribution >= 4 is 27.5 Å². The van der Waals surface area contributed by atoms with E-state index >= 15 is 0 Å². The topological polar surface area (TPSA) is 37.8 Å². The Balaban J connectivity index is 2.21. The van der Waals surface area contributed by atoms with Crippen LogP contribution in [0.5, 0.6) is 0 Å². The van der Waals surface area contributed by atoms with E-state index in [2.05, 4.69) is 37.8 Å². The summed E-state index contributed by atoms with van der Waals surface area (Å²) in [5.41, 5.74) is 1.62. The zero-order valence-corrected chi connectivity index (χ0v) is 13.9. The van der Waals surface area contributed by atoms with E-state index in [9.17, 15) is 4.39 Å². The fraction of sp³-hybridized carbons (Fsp3) is 0.429. The number of hydrogen-bond acceptors (Lipinski definition) is 4. The van der Waals surface area contributed by atoms with Gasteiger partial charge in [0.15, 0.2) is 0 Å². The first-order valence-electron chi connectivity index (χ1n) is 6.58. The van der Waals surface area contributed by atoms with Crippen LogP contribution in [0, 0.1) is 12.7 Å². The molecular formula is C14H17BrFN3S. The minimum Gasteiger partial charge on any atom is -0.309 e. The van der Waals surface area contributed by atoms with Gasteiger partial charge in [-0.15, -0.1) is 5.10 Å². The fourth-order valence-corrected chi connectivity index (χ4v) is 3.09. The lowest BCUT2D eigenvalue weighted by atomic mass is 10.0. The predicted molar refractivity (Wildman–Crippen MR) is 83.5 cm³/mol. The molecule has 1 heterocycles. The first kappa shape index (κ1) is 15.5. The Morgan fingerprint density at radius 3 is 2.85 bits per heavy atom. The van der Waals surface area contributed by atoms with Crippen LogP contribution in [0.25, 0.3) is 0 Å². The molecule has 1 N–H and O–H groups in total. The molecule has 1 unspecified atom stereocenters. The molecule has 0 fully saturated rings. The van der Waals surface area contributed by atoms with Gasteiger partial charge in [0.2, 0.25) is 0 Å². The van der Waals surface area contributed by atoms with Gasteiger partial charge in [-0.2, -0.15) is 0 Å². The first-order chi connectivity index (χ1) is 9.61. The molecule has 108 valence electrons. The maximum atomic E-state index is 14.0. The number of nitrogens with one attached hydrogen (secondary N) is 1. The van der Waals surface area contributed by atoms with Crippen LogP contribution >= 0.6 is 27.5 Å². The molecule has 1 aromatic heterocycles. The van der Waals surface area contributed by atoms with Crippen LogP contribution in [-0.2, 0) is 6.42 Å². The SMILES string of the molecule is CCCNC(Cc1ccc(Br)cc1F)c1snnc1C. The molecule has 1 aromatic carbocycles. The van der Waals surface area contributed by atoms with E-state index in [1.54, 1.807) is 0 Å². The number of nitrogens with zero attached hydrogens (tertiary/aromatic N) is 2. The number of halogens is 2. The predicted octanol–water partition coefficient (Wildman–Crippen LogP) is 4.03. The second-order valence-electron chi connectivity index (χ2n) is 4.67. The van der Waals surface area contributed by atoms with Crippen LogP contribution in [0.15, 0.2) is 22.7 Å². The molecule has 0 amide bonds. The molecule has 0 radical (unpaired) electrons. The van der Waals surface area contributed by atoms with Crippen molar-refractivity contribution in [3.05, 3.63) is 44.6 Å². The number of aromatic nitrogens is 2. The highest BCUT2D eigenvalue weighted by Crippen LogP contribution is 2.26. The summed E-state index contributed by atoms with van der Waals surface area (Å²) in [6, 6.07) is 5.26. The molecule has 0 aliphatic carbocycles. The van der Waals surface area contributed by atoms with Crippen LogP contribution in [0.4, 0.5) is 4.39 Å². The number of hydrogen-bond donors (Lipinski definition) is 1. The van der Waals surface area contributed by atoms with Gasteiger partial charge in [-0.05, 0) is 55.5 Å². The maximum Gasteiger partial charge on any atom is 0.127 e. The van der Waals surface area contributed by atoms with Gasteiger partial charge < -0.3 is 5.32 Å². The number of aryl methyl sites for hydroxylation is 1. The van der Waals surface area contributed by atoms with Crippen molar-refractivity contribution in [2.45, 2.75) is 32.7 Å². The van der Waals surface area contributed by atoms with Gasteiger partial charge in [-0.25, -0.2) is 4.39 Å². The summed E-state index contributed by atoms with van der Waals surface area (Å²) < 4.78 is 18.7. The average Bonchev–Trinajstić information content (AvgIpc) is 2.83. The molecule has 6 heteroatoms. The molecule has 0 bridgehead atoms. The van der Waals surface area contributed by atoms with E-state index in [0.29, 0.717) is 12.0 Å². The lowest BCUT2D eigenvalue weighted by Gasteiger charge is -2.17. The zero-order chi connectivity index (χ0) is 14.5. The van der Waals surface area contributed by atoms with Crippen LogP contribution in [-0.4, -0.2) is 16.1 Å². The minimum absolute atomic E-state index is 0.0608. The summed E-state index contributed by atoms with van der Waals surface area (Å²) in [5, 5.41) is 7.51. The summed E-state index contributed by atoms with van der Waals surface area (Å²) in [7, 11) is 0. The van der Waals surface area contributed by atoms with E-state index in [1.165, 1.54) is 17.6 Å². The highest BCUT2D eigenvalue weighted by atomic mass is 79.9. The average molecular weight is 358 g/mol. The Hall–Kier alpha value is -0.850. The van der Waals surface area contributed by atoms with Gasteiger partial charge in [0.05, 0.1) is 10.6 Å². The van der Waals surface area contributed by atoms with Crippen molar-refractivity contribution in [3.63, 3.8) is 0 Å². The second-order valence-corrected chi connectivity index (χ2v) is 6.37. The standard InChI is InChI=1S/C14H17BrFN3S/c1-3-6-17-13(14-9(2)18-19-20-14)7-10-4-5-11(15)8-12(10)16/h4-5,8,13,17H,3,6-7H2,1-2H3. The Kier molecular flexibility index (Phi) is 5.63. The normalized spacial score (nSPS) is 12.6. The molecule has 2 rings (SSSR count). The van der Waals surface area contributed by atoms with E-state index in [4.69, 9.17) is 0 Å². The Morgan fingerprint density at radius 2 is 2.25 bits per heavy atom. The quantitative estimate of drug-likeness (QED) is 0.847. The summed E-state index contributed by atoms with van der Waals surface area (Å²) in [5.74, 6) is -0.183. The van der Waals surface area contributed by atoms with Crippen LogP contribution in [0.3, 0.4) is 0 Å². The summed E-state index contributed by atoms with van der Waals surface area (Å²) in [4.78, 5) is 1.08. The Labute approximate surface area is 130 Å². The van der Waals surface area contributed by atoms with Gasteiger partial charge in [0.25, 0.3) is 0 Å². The molecule has 0 saturated carbocycles. The number of benzene rings is 1. The van der Waals surface area contributed by atoms with E-state index in [1.807, 2.05) is 19.1 Å². The van der Waals surface area contributed by atoms with Crippen LogP contribution in [0.1, 0.15) is 35.5 Å². The van der Waals surface area contributed by atoms with Crippen LogP contribution in [0.2, 0.25) is 0 Å². The first-order valence-corrected chi connectivity index (χ1v) is 8.14. The van der Waals surface area contributed by atoms with Crippen molar-refractivity contribution in [1.29, 1.82) is 0 Å². The molecular weight excluding hydrogens is 341 g/mol. The second kappa shape index (κ2) is 7.24. The third kappa shape index (κ3) is 3.84. The van der Waals surface area contributed by atoms with Crippen molar-refractivity contribution in [2.75, 3.05) is 6.54 Å². The largest absolute Gasteiger partial charge is 0.309 e. The van der Waals surface area contributed by atoms with Crippen molar-refractivity contribution in [2.24, 2.45) is 0 Å². The van der Waals surface area contributed by atoms with E-state index < -0.39 is 0 Å². The third-order valence-electron chi connectivity index (χ3n) is 3.08. The monoisotopic (exact) mass is 357 g/mol. The van der Waals surface area contributed by atoms with Gasteiger partial charge in [0.1, 0.15) is 5.82 Å². The smallest absolute Gasteiger partial charge is 0.127 e. The Bertz CT molecular complexity index is 573. The number of rotatable bonds is 6. The molecule has 0 aliphatic heterocycles. The fourth-order valence-electron chi connectivity index (χ4n) is 2.04. The third-order valence-corrected chi connectivity index (χ3v) is 4.52. The van der Waals surface area contributed by atoms with Crippen LogP contribution < -0.4 is 5.32 Å². The van der Waals surface area contributed by atoms with Gasteiger partial charge >= 0.3 is 0 Å². The molecule has 0 aliphatic rings. The summed E-state index contributed by atoms with van der Waals surface area (Å²) >= 11 is 4.66. The lowest BCUT2D eigenvalue weighted by molar-refractivity contribution is 0.516. The van der Waals surface area contributed by atoms with Gasteiger partial charge in [-0.1, -0.05) is 33.4 Å². The highest BCUT2D eigenvalue weighted by Gasteiger charge is 2.18. The van der Waals surface area contributed by atoms with Gasteiger partial charge in [0, 0.05) is 10.5 Å². The molecule has 2 aromatic rings. The molecule has 0 saturated heterocycles. The summed E-state index contributed by atoms with van der Waals surface area (Å²) in [6.45, 7) is 4.94. The maximum absolute atomic E-state index is 14.0. The van der Waals surface area contributed by atoms with E-state index in [-0.39, 0.29) is 11.9 Å². The van der Waals surface area contributed by atoms with Gasteiger partial charge in [-0.3, -0.25) is 0 Å². The highest BCUT2D eigenvalue weighted by molar-refractivity contribution is 9.10. The summed E-state index contributed by atoms with van der Waals surface area (Å²) in [6.07, 6.45) is 1.63. The van der Waals surface area contributed by atoms with Crippen molar-refractivity contribution in [1.82, 2.24) is 14.9 Å². The van der Waals surface area contributed by atoms with E-state index in [0.717, 1.165) is 28.0 Å². The van der Waals surface area contributed by atoms with Crippen molar-refractivity contribution < 1.29 is 4.39 Å². The zero-order valence-electron chi connectivity index (χ0n) is 11.5. The molecule has 20 heavy (non-hydrogen) atoms. The Morgan fingerprint density at radius 1 is 1.45 bits per heavy atom. The molecule has 3 nitrogen and oxygen atoms in total. The van der Waals surface area contributed by atoms with Crippen molar-refractivity contribution in [3.8, 4) is 0 Å². The minimum atomic E-state index is -0.183.